The van der Waals surface area contributed by atoms with Crippen molar-refractivity contribution in [3.05, 3.63) is 120 Å². The Labute approximate surface area is 248 Å². The summed E-state index contributed by atoms with van der Waals surface area (Å²) in [5, 5.41) is 11.1. The number of aliphatic hydroxyl groups excluding tert-OH is 1. The Morgan fingerprint density at radius 2 is 1.05 bits per heavy atom. The van der Waals surface area contributed by atoms with Crippen LogP contribution in [0.3, 0.4) is 0 Å². The molecule has 0 saturated carbocycles. The van der Waals surface area contributed by atoms with Crippen LogP contribution >= 0.6 is 0 Å². The quantitative estimate of drug-likeness (QED) is 0.0798. The number of rotatable bonds is 19. The van der Waals surface area contributed by atoms with E-state index in [4.69, 9.17) is 4.74 Å². The van der Waals surface area contributed by atoms with E-state index in [1.54, 1.807) is 0 Å². The maximum absolute atomic E-state index is 11.1. The Kier molecular flexibility index (Phi) is 14.5. The molecule has 0 spiro atoms. The predicted octanol–water partition coefficient (Wildman–Crippen LogP) is 10.2. The summed E-state index contributed by atoms with van der Waals surface area (Å²) in [6.07, 6.45) is 12.9. The topological polar surface area (TPSA) is 29.5 Å². The van der Waals surface area contributed by atoms with Gasteiger partial charge in [0.15, 0.2) is 0 Å². The first-order valence-electron chi connectivity index (χ1n) is 15.7. The Bertz CT molecular complexity index is 962. The number of hydrogen-bond acceptors (Lipinski definition) is 2. The van der Waals surface area contributed by atoms with Gasteiger partial charge in [-0.05, 0) is 0 Å². The first kappa shape index (κ1) is 32.6. The van der Waals surface area contributed by atoms with Crippen LogP contribution in [-0.4, -0.2) is 36.2 Å². The van der Waals surface area contributed by atoms with Crippen LogP contribution in [0.4, 0.5) is 0 Å². The molecular weight excluding hydrogens is 595 g/mol. The van der Waals surface area contributed by atoms with E-state index in [2.05, 4.69) is 106 Å². The molecule has 0 aliphatic carbocycles. The van der Waals surface area contributed by atoms with Gasteiger partial charge in [0.05, 0.1) is 0 Å². The van der Waals surface area contributed by atoms with Gasteiger partial charge < -0.3 is 0 Å². The zero-order valence-corrected chi connectivity index (χ0v) is 28.1. The number of benzene rings is 3. The molecule has 216 valence electrons. The Balaban J connectivity index is 1.77. The fraction of sp³-hybridized carbons (Fsp3) is 0.459. The Morgan fingerprint density at radius 1 is 0.650 bits per heavy atom. The van der Waals surface area contributed by atoms with Gasteiger partial charge in [-0.3, -0.25) is 0 Å². The standard InChI is InChI=1S/C25H25O2.3C4H9.Sn/c1-2-3-19-24(26)20-27-25(21-13-7-4-8-14-21,22-15-9-5-10-16-22)23-17-11-6-12-18-23;3*1-3-4-2;/h2-18,24,26H,1,19-20H2;3*1,3-4H2,2H3;/b3-2-;;;;/t24-;;;;/m1..../s1. The monoisotopic (exact) mass is 648 g/mol. The molecule has 3 rings (SSSR count). The van der Waals surface area contributed by atoms with Crippen LogP contribution in [-0.2, 0) is 10.3 Å². The molecule has 0 unspecified atom stereocenters. The molecule has 0 bridgehead atoms. The van der Waals surface area contributed by atoms with Crippen molar-refractivity contribution in [3.63, 3.8) is 0 Å². The summed E-state index contributed by atoms with van der Waals surface area (Å²) in [6.45, 7) is 7.27. The van der Waals surface area contributed by atoms with Gasteiger partial charge in [-0.2, -0.15) is 0 Å². The van der Waals surface area contributed by atoms with E-state index in [1.165, 1.54) is 56.3 Å². The van der Waals surface area contributed by atoms with Crippen molar-refractivity contribution in [2.24, 2.45) is 0 Å². The van der Waals surface area contributed by atoms with E-state index in [0.29, 0.717) is 6.42 Å². The molecule has 1 atom stereocenters. The number of ether oxygens (including phenoxy) is 1. The average molecular weight is 648 g/mol. The Hall–Kier alpha value is -1.88. The second-order valence-electron chi connectivity index (χ2n) is 11.5. The van der Waals surface area contributed by atoms with Gasteiger partial charge in [0, 0.05) is 0 Å². The number of hydrogen-bond donors (Lipinski definition) is 1. The molecule has 0 aromatic heterocycles. The third kappa shape index (κ3) is 9.32. The van der Waals surface area contributed by atoms with Gasteiger partial charge in [0.1, 0.15) is 0 Å². The second kappa shape index (κ2) is 17.8. The van der Waals surface area contributed by atoms with Crippen molar-refractivity contribution < 1.29 is 9.84 Å². The van der Waals surface area contributed by atoms with Gasteiger partial charge in [-0.1, -0.05) is 0 Å². The first-order valence-corrected chi connectivity index (χ1v) is 23.8. The maximum atomic E-state index is 11.1. The van der Waals surface area contributed by atoms with Crippen LogP contribution in [0.2, 0.25) is 17.7 Å². The number of unbranched alkanes of at least 4 members (excludes halogenated alkanes) is 3. The molecule has 0 fully saturated rings. The normalized spacial score (nSPS) is 13.1. The zero-order valence-electron chi connectivity index (χ0n) is 25.2. The second-order valence-corrected chi connectivity index (χ2v) is 25.5. The van der Waals surface area contributed by atoms with Crippen molar-refractivity contribution in [2.75, 3.05) is 6.61 Å². The molecule has 0 heterocycles. The minimum atomic E-state index is -2.19. The molecule has 1 N–H and O–H groups in total. The molecule has 2 nitrogen and oxygen atoms in total. The van der Waals surface area contributed by atoms with Gasteiger partial charge >= 0.3 is 250 Å². The molecule has 3 heteroatoms. The summed E-state index contributed by atoms with van der Waals surface area (Å²) in [4.78, 5) is 0. The summed E-state index contributed by atoms with van der Waals surface area (Å²) in [5.41, 5.74) is 2.41. The van der Waals surface area contributed by atoms with Gasteiger partial charge in [-0.25, -0.2) is 0 Å². The van der Waals surface area contributed by atoms with Crippen molar-refractivity contribution >= 4 is 18.4 Å². The molecular formula is C37H52O2Sn. The van der Waals surface area contributed by atoms with Crippen LogP contribution in [0, 0.1) is 0 Å². The molecule has 3 aromatic carbocycles. The van der Waals surface area contributed by atoms with Crippen LogP contribution in [0.1, 0.15) is 82.4 Å². The van der Waals surface area contributed by atoms with Crippen molar-refractivity contribution in [1.82, 2.24) is 0 Å². The molecule has 0 aliphatic rings. The van der Waals surface area contributed by atoms with Crippen LogP contribution in [0.5, 0.6) is 0 Å². The molecule has 40 heavy (non-hydrogen) atoms. The van der Waals surface area contributed by atoms with E-state index >= 15 is 0 Å². The SMILES string of the molecule is CCC[CH2][Sn]([CH2]/C=C\C[C@@H](O)COC(c1ccccc1)(c1ccccc1)c1ccccc1)([CH2]CCC)[CH2]CCC. The van der Waals surface area contributed by atoms with E-state index in [9.17, 15) is 5.11 Å². The zero-order chi connectivity index (χ0) is 28.5. The number of aliphatic hydroxyl groups is 1. The van der Waals surface area contributed by atoms with Gasteiger partial charge in [-0.15, -0.1) is 0 Å². The van der Waals surface area contributed by atoms with E-state index in [0.717, 1.165) is 16.7 Å². The molecule has 0 saturated heterocycles. The van der Waals surface area contributed by atoms with Gasteiger partial charge in [0.2, 0.25) is 0 Å². The van der Waals surface area contributed by atoms with Crippen molar-refractivity contribution in [2.45, 2.75) is 95.2 Å². The molecule has 0 amide bonds. The van der Waals surface area contributed by atoms with Crippen LogP contribution < -0.4 is 0 Å². The molecule has 0 aliphatic heterocycles. The minimum absolute atomic E-state index is 0.263. The van der Waals surface area contributed by atoms with Crippen LogP contribution in [0.15, 0.2) is 103 Å². The predicted molar refractivity (Wildman–Crippen MR) is 175 cm³/mol. The summed E-state index contributed by atoms with van der Waals surface area (Å²) < 4.78 is 12.7. The molecule has 3 aromatic rings. The first-order chi connectivity index (χ1) is 19.6. The van der Waals surface area contributed by atoms with E-state index in [1.807, 2.05) is 18.2 Å². The summed E-state index contributed by atoms with van der Waals surface area (Å²) in [6, 6.07) is 31.2. The van der Waals surface area contributed by atoms with Crippen molar-refractivity contribution in [3.8, 4) is 0 Å². The average Bonchev–Trinajstić information content (AvgIpc) is 3.01. The van der Waals surface area contributed by atoms with Crippen molar-refractivity contribution in [1.29, 1.82) is 0 Å². The summed E-state index contributed by atoms with van der Waals surface area (Å²) in [7, 11) is 0. The Morgan fingerprint density at radius 3 is 1.43 bits per heavy atom. The van der Waals surface area contributed by atoms with Crippen LogP contribution in [0.25, 0.3) is 0 Å². The number of allylic oxidation sites excluding steroid dienone is 1. The van der Waals surface area contributed by atoms with E-state index in [-0.39, 0.29) is 6.61 Å². The van der Waals surface area contributed by atoms with E-state index < -0.39 is 30.1 Å². The molecule has 0 radical (unpaired) electrons. The fourth-order valence-corrected chi connectivity index (χ4v) is 21.2. The third-order valence-electron chi connectivity index (χ3n) is 8.34. The summed E-state index contributed by atoms with van der Waals surface area (Å²) in [5.74, 6) is 0. The third-order valence-corrected chi connectivity index (χ3v) is 23.6. The van der Waals surface area contributed by atoms with Gasteiger partial charge in [0.25, 0.3) is 0 Å². The summed E-state index contributed by atoms with van der Waals surface area (Å²) >= 11 is -2.19. The fourth-order valence-electron chi connectivity index (χ4n) is 5.98.